The summed E-state index contributed by atoms with van der Waals surface area (Å²) in [6, 6.07) is 6.64. The Balaban J connectivity index is 1.99. The summed E-state index contributed by atoms with van der Waals surface area (Å²) in [6.45, 7) is 0. The first kappa shape index (κ1) is 14.4. The van der Waals surface area contributed by atoms with Gasteiger partial charge in [0.05, 0.1) is 19.4 Å². The number of carbonyl (C=O) groups excluding carboxylic acids is 3. The molecule has 2 rings (SSSR count). The zero-order chi connectivity index (χ0) is 14.5. The Morgan fingerprint density at radius 3 is 2.50 bits per heavy atom. The van der Waals surface area contributed by atoms with E-state index in [-0.39, 0.29) is 23.8 Å². The van der Waals surface area contributed by atoms with Gasteiger partial charge in [0.15, 0.2) is 11.6 Å². The highest BCUT2D eigenvalue weighted by molar-refractivity contribution is 6.14. The molecule has 0 unspecified atom stereocenters. The first-order valence-corrected chi connectivity index (χ1v) is 6.84. The lowest BCUT2D eigenvalue weighted by Crippen LogP contribution is -2.28. The van der Waals surface area contributed by atoms with Gasteiger partial charge >= 0.3 is 0 Å². The summed E-state index contributed by atoms with van der Waals surface area (Å²) in [7, 11) is 1.55. The van der Waals surface area contributed by atoms with Gasteiger partial charge in [-0.15, -0.1) is 0 Å². The number of ketones is 3. The summed E-state index contributed by atoms with van der Waals surface area (Å²) in [4.78, 5) is 35.8. The van der Waals surface area contributed by atoms with Gasteiger partial charge in [0.2, 0.25) is 0 Å². The van der Waals surface area contributed by atoms with Gasteiger partial charge in [0.1, 0.15) is 11.5 Å². The molecule has 0 N–H and O–H groups in total. The maximum Gasteiger partial charge on any atom is 0.170 e. The second-order valence-electron chi connectivity index (χ2n) is 5.06. The molecule has 1 fully saturated rings. The summed E-state index contributed by atoms with van der Waals surface area (Å²) in [5, 5.41) is 0. The van der Waals surface area contributed by atoms with E-state index >= 15 is 0 Å². The minimum Gasteiger partial charge on any atom is -0.497 e. The molecule has 1 aromatic carbocycles. The van der Waals surface area contributed by atoms with Crippen molar-refractivity contribution in [3.05, 3.63) is 29.8 Å². The van der Waals surface area contributed by atoms with E-state index < -0.39 is 5.92 Å². The molecule has 1 aliphatic carbocycles. The lowest BCUT2D eigenvalue weighted by molar-refractivity contribution is -0.133. The number of carbonyl (C=O) groups is 3. The summed E-state index contributed by atoms with van der Waals surface area (Å²) < 4.78 is 5.02. The van der Waals surface area contributed by atoms with Crippen LogP contribution in [0.5, 0.6) is 5.75 Å². The maximum atomic E-state index is 12.0. The third kappa shape index (κ3) is 3.32. The first-order valence-electron chi connectivity index (χ1n) is 6.84. The van der Waals surface area contributed by atoms with E-state index in [9.17, 15) is 14.4 Å². The van der Waals surface area contributed by atoms with Crippen molar-refractivity contribution in [2.24, 2.45) is 5.92 Å². The fourth-order valence-corrected chi connectivity index (χ4v) is 2.48. The van der Waals surface area contributed by atoms with E-state index in [0.29, 0.717) is 24.2 Å². The molecule has 0 saturated heterocycles. The van der Waals surface area contributed by atoms with Crippen LogP contribution in [0.15, 0.2) is 24.3 Å². The van der Waals surface area contributed by atoms with Crippen molar-refractivity contribution < 1.29 is 19.1 Å². The summed E-state index contributed by atoms with van der Waals surface area (Å²) in [5.74, 6) is -0.392. The van der Waals surface area contributed by atoms with E-state index in [0.717, 1.165) is 12.8 Å². The molecule has 0 amide bonds. The van der Waals surface area contributed by atoms with Gasteiger partial charge in [0.25, 0.3) is 0 Å². The van der Waals surface area contributed by atoms with Gasteiger partial charge in [-0.1, -0.05) is 6.42 Å². The van der Waals surface area contributed by atoms with Gasteiger partial charge in [-0.3, -0.25) is 14.4 Å². The van der Waals surface area contributed by atoms with Crippen LogP contribution in [0.1, 0.15) is 42.5 Å². The zero-order valence-corrected chi connectivity index (χ0v) is 11.6. The van der Waals surface area contributed by atoms with Crippen molar-refractivity contribution in [2.45, 2.75) is 32.1 Å². The molecule has 0 spiro atoms. The fraction of sp³-hybridized carbons (Fsp3) is 0.438. The molecule has 0 heterocycles. The minimum absolute atomic E-state index is 0.0104. The van der Waals surface area contributed by atoms with Crippen LogP contribution < -0.4 is 4.74 Å². The highest BCUT2D eigenvalue weighted by Gasteiger charge is 2.29. The molecule has 106 valence electrons. The lowest BCUT2D eigenvalue weighted by Gasteiger charge is -2.18. The van der Waals surface area contributed by atoms with Crippen molar-refractivity contribution >= 4 is 17.3 Å². The SMILES string of the molecule is COc1ccc(C(=O)CC(=O)[C@H]2CCCCC2=O)cc1. The third-order valence-electron chi connectivity index (χ3n) is 3.69. The number of rotatable bonds is 5. The predicted octanol–water partition coefficient (Wildman–Crippen LogP) is 2.60. The van der Waals surface area contributed by atoms with Crippen molar-refractivity contribution in [3.63, 3.8) is 0 Å². The minimum atomic E-state index is -0.564. The van der Waals surface area contributed by atoms with Crippen molar-refractivity contribution in [1.82, 2.24) is 0 Å². The molecular weight excluding hydrogens is 256 g/mol. The molecule has 1 aliphatic rings. The topological polar surface area (TPSA) is 60.4 Å². The largest absolute Gasteiger partial charge is 0.497 e. The molecule has 0 bridgehead atoms. The molecule has 1 atom stereocenters. The van der Waals surface area contributed by atoms with Crippen LogP contribution in [-0.4, -0.2) is 24.5 Å². The molecule has 1 aromatic rings. The molecule has 4 nitrogen and oxygen atoms in total. The van der Waals surface area contributed by atoms with Crippen LogP contribution in [0.4, 0.5) is 0 Å². The molecule has 4 heteroatoms. The van der Waals surface area contributed by atoms with Crippen LogP contribution in [-0.2, 0) is 9.59 Å². The molecule has 0 aromatic heterocycles. The predicted molar refractivity (Wildman–Crippen MR) is 73.9 cm³/mol. The lowest BCUT2D eigenvalue weighted by atomic mass is 9.83. The zero-order valence-electron chi connectivity index (χ0n) is 11.6. The van der Waals surface area contributed by atoms with Gasteiger partial charge in [-0.05, 0) is 37.1 Å². The van der Waals surface area contributed by atoms with Crippen LogP contribution >= 0.6 is 0 Å². The van der Waals surface area contributed by atoms with Gasteiger partial charge < -0.3 is 4.74 Å². The molecule has 1 saturated carbocycles. The second kappa shape index (κ2) is 6.46. The Labute approximate surface area is 118 Å². The van der Waals surface area contributed by atoms with E-state index in [1.165, 1.54) is 0 Å². The number of hydrogen-bond acceptors (Lipinski definition) is 4. The highest BCUT2D eigenvalue weighted by Crippen LogP contribution is 2.23. The Hall–Kier alpha value is -1.97. The Kier molecular flexibility index (Phi) is 4.66. The number of methoxy groups -OCH3 is 1. The Morgan fingerprint density at radius 1 is 1.20 bits per heavy atom. The average molecular weight is 274 g/mol. The van der Waals surface area contributed by atoms with Crippen LogP contribution in [0, 0.1) is 5.92 Å². The fourth-order valence-electron chi connectivity index (χ4n) is 2.48. The van der Waals surface area contributed by atoms with Gasteiger partial charge in [-0.2, -0.15) is 0 Å². The standard InChI is InChI=1S/C16H18O4/c1-20-12-8-6-11(7-9-12)15(18)10-16(19)13-4-2-3-5-14(13)17/h6-9,13H,2-5,10H2,1H3/t13-/m0/s1. The number of hydrogen-bond donors (Lipinski definition) is 0. The summed E-state index contributed by atoms with van der Waals surface area (Å²) in [5.41, 5.74) is 0.474. The quantitative estimate of drug-likeness (QED) is 0.611. The van der Waals surface area contributed by atoms with Crippen molar-refractivity contribution in [2.75, 3.05) is 7.11 Å². The van der Waals surface area contributed by atoms with E-state index in [4.69, 9.17) is 4.74 Å². The average Bonchev–Trinajstić information content (AvgIpc) is 2.47. The first-order chi connectivity index (χ1) is 9.61. The molecule has 0 aliphatic heterocycles. The maximum absolute atomic E-state index is 12.0. The van der Waals surface area contributed by atoms with Crippen LogP contribution in [0.2, 0.25) is 0 Å². The molecule has 20 heavy (non-hydrogen) atoms. The van der Waals surface area contributed by atoms with Gasteiger partial charge in [-0.25, -0.2) is 0 Å². The second-order valence-corrected chi connectivity index (χ2v) is 5.06. The summed E-state index contributed by atoms with van der Waals surface area (Å²) >= 11 is 0. The normalized spacial score (nSPS) is 18.6. The van der Waals surface area contributed by atoms with E-state index in [1.54, 1.807) is 31.4 Å². The van der Waals surface area contributed by atoms with Crippen molar-refractivity contribution in [3.8, 4) is 5.75 Å². The van der Waals surface area contributed by atoms with Crippen LogP contribution in [0.3, 0.4) is 0 Å². The smallest absolute Gasteiger partial charge is 0.170 e. The van der Waals surface area contributed by atoms with E-state index in [1.807, 2.05) is 0 Å². The number of ether oxygens (including phenoxy) is 1. The Bertz CT molecular complexity index is 516. The van der Waals surface area contributed by atoms with E-state index in [2.05, 4.69) is 0 Å². The molecular formula is C16H18O4. The third-order valence-corrected chi connectivity index (χ3v) is 3.69. The highest BCUT2D eigenvalue weighted by atomic mass is 16.5. The van der Waals surface area contributed by atoms with Crippen molar-refractivity contribution in [1.29, 1.82) is 0 Å². The Morgan fingerprint density at radius 2 is 1.90 bits per heavy atom. The van der Waals surface area contributed by atoms with Crippen LogP contribution in [0.25, 0.3) is 0 Å². The van der Waals surface area contributed by atoms with Gasteiger partial charge in [0, 0.05) is 12.0 Å². The monoisotopic (exact) mass is 274 g/mol. The number of benzene rings is 1. The summed E-state index contributed by atoms with van der Waals surface area (Å²) in [6.07, 6.45) is 2.61. The number of Topliss-reactive ketones (excluding diaryl/α,β-unsaturated/α-hetero) is 3. The molecule has 0 radical (unpaired) electrons.